The molecule has 0 aromatic rings. The molecule has 30 heavy (non-hydrogen) atoms. The van der Waals surface area contributed by atoms with Crippen molar-refractivity contribution in [2.75, 3.05) is 6.61 Å². The van der Waals surface area contributed by atoms with Crippen LogP contribution in [0, 0.1) is 29.6 Å². The van der Waals surface area contributed by atoms with Gasteiger partial charge in [0.05, 0.1) is 18.4 Å². The van der Waals surface area contributed by atoms with Gasteiger partial charge in [0.2, 0.25) is 0 Å². The second-order valence-corrected chi connectivity index (χ2v) is 9.46. The Morgan fingerprint density at radius 2 is 2.07 bits per heavy atom. The molecule has 0 aromatic heterocycles. The zero-order valence-corrected chi connectivity index (χ0v) is 18.3. The van der Waals surface area contributed by atoms with Crippen LogP contribution in [0.2, 0.25) is 0 Å². The number of aliphatic hydroxyl groups is 2. The van der Waals surface area contributed by atoms with E-state index in [0.29, 0.717) is 31.1 Å². The van der Waals surface area contributed by atoms with Gasteiger partial charge >= 0.3 is 11.9 Å². The lowest BCUT2D eigenvalue weighted by atomic mass is 9.65. The van der Waals surface area contributed by atoms with Crippen molar-refractivity contribution in [3.8, 4) is 0 Å². The maximum atomic E-state index is 12.6. The summed E-state index contributed by atoms with van der Waals surface area (Å²) in [6, 6.07) is 0. The first-order valence-electron chi connectivity index (χ1n) is 11.4. The van der Waals surface area contributed by atoms with Crippen LogP contribution in [0.5, 0.6) is 0 Å². The van der Waals surface area contributed by atoms with Gasteiger partial charge in [0.1, 0.15) is 12.2 Å². The van der Waals surface area contributed by atoms with E-state index in [0.717, 1.165) is 12.8 Å². The summed E-state index contributed by atoms with van der Waals surface area (Å²) < 4.78 is 11.4. The largest absolute Gasteiger partial charge is 0.462 e. The fourth-order valence-corrected chi connectivity index (χ4v) is 5.21. The number of fused-ring (bicyclic) bond motifs is 1. The Bertz CT molecular complexity index is 683. The Kier molecular flexibility index (Phi) is 7.75. The van der Waals surface area contributed by atoms with E-state index in [2.05, 4.69) is 32.1 Å². The maximum absolute atomic E-state index is 12.6. The average Bonchev–Trinajstić information content (AvgIpc) is 2.66. The van der Waals surface area contributed by atoms with E-state index >= 15 is 0 Å². The van der Waals surface area contributed by atoms with E-state index in [9.17, 15) is 14.7 Å². The van der Waals surface area contributed by atoms with E-state index in [-0.39, 0.29) is 54.9 Å². The summed E-state index contributed by atoms with van der Waals surface area (Å²) in [6.07, 6.45) is 8.93. The SMILES string of the molecule is CC(CCO)C(=O)O[C@H]1C[C@@H](C)C=C2C=C[C@H](C)C(CC[C@@H]3C[C@@H](O)CC(=O)O3)[C@H]21. The van der Waals surface area contributed by atoms with E-state index < -0.39 is 6.10 Å². The van der Waals surface area contributed by atoms with Crippen molar-refractivity contribution in [2.45, 2.75) is 77.6 Å². The summed E-state index contributed by atoms with van der Waals surface area (Å²) in [5, 5.41) is 19.0. The molecule has 8 atom stereocenters. The minimum atomic E-state index is -0.618. The van der Waals surface area contributed by atoms with Crippen molar-refractivity contribution in [2.24, 2.45) is 29.6 Å². The topological polar surface area (TPSA) is 93.1 Å². The van der Waals surface area contributed by atoms with Crippen LogP contribution in [0.4, 0.5) is 0 Å². The Hall–Kier alpha value is -1.66. The number of aliphatic hydroxyl groups excluding tert-OH is 2. The number of ether oxygens (including phenoxy) is 2. The Morgan fingerprint density at radius 1 is 1.30 bits per heavy atom. The van der Waals surface area contributed by atoms with E-state index in [1.807, 2.05) is 0 Å². The molecule has 6 nitrogen and oxygen atoms in total. The van der Waals surface area contributed by atoms with Crippen LogP contribution in [-0.4, -0.2) is 47.1 Å². The molecule has 2 aliphatic carbocycles. The first-order valence-corrected chi connectivity index (χ1v) is 11.4. The standard InChI is InChI=1S/C24H36O6/c1-14-10-17-5-4-15(2)20(7-6-19-12-18(26)13-22(27)29-19)23(17)21(11-14)30-24(28)16(3)8-9-25/h4-5,10,14-16,18-21,23,25-26H,6-9,11-13H2,1-3H3/t14-,15-,16?,18+,19+,20?,21-,23-/m0/s1. The number of rotatable bonds is 7. The highest BCUT2D eigenvalue weighted by Crippen LogP contribution is 2.45. The molecule has 2 unspecified atom stereocenters. The van der Waals surface area contributed by atoms with Gasteiger partial charge in [-0.05, 0) is 49.0 Å². The zero-order valence-electron chi connectivity index (χ0n) is 18.3. The molecule has 1 aliphatic heterocycles. The van der Waals surface area contributed by atoms with Gasteiger partial charge in [-0.3, -0.25) is 9.59 Å². The van der Waals surface area contributed by atoms with Crippen molar-refractivity contribution in [1.29, 1.82) is 0 Å². The number of carbonyl (C=O) groups excluding carboxylic acids is 2. The van der Waals surface area contributed by atoms with Crippen molar-refractivity contribution >= 4 is 11.9 Å². The number of carbonyl (C=O) groups is 2. The summed E-state index contributed by atoms with van der Waals surface area (Å²) in [5.74, 6) is 0.155. The minimum Gasteiger partial charge on any atom is -0.462 e. The predicted molar refractivity (Wildman–Crippen MR) is 112 cm³/mol. The molecule has 0 spiro atoms. The molecule has 0 saturated carbocycles. The molecule has 0 amide bonds. The van der Waals surface area contributed by atoms with Gasteiger partial charge in [0, 0.05) is 18.9 Å². The molecule has 3 rings (SSSR count). The second kappa shape index (κ2) is 10.1. The molecule has 168 valence electrons. The van der Waals surface area contributed by atoms with Crippen LogP contribution in [-0.2, 0) is 19.1 Å². The van der Waals surface area contributed by atoms with Gasteiger partial charge < -0.3 is 19.7 Å². The summed E-state index contributed by atoms with van der Waals surface area (Å²) in [6.45, 7) is 6.10. The van der Waals surface area contributed by atoms with Crippen molar-refractivity contribution in [1.82, 2.24) is 0 Å². The van der Waals surface area contributed by atoms with Gasteiger partial charge in [-0.15, -0.1) is 0 Å². The third-order valence-corrected chi connectivity index (χ3v) is 6.88. The molecular weight excluding hydrogens is 384 g/mol. The Balaban J connectivity index is 1.73. The number of esters is 2. The fourth-order valence-electron chi connectivity index (χ4n) is 5.21. The van der Waals surface area contributed by atoms with Crippen molar-refractivity contribution < 1.29 is 29.3 Å². The summed E-state index contributed by atoms with van der Waals surface area (Å²) >= 11 is 0. The fraction of sp³-hybridized carbons (Fsp3) is 0.750. The maximum Gasteiger partial charge on any atom is 0.309 e. The molecule has 6 heteroatoms. The van der Waals surface area contributed by atoms with Crippen LogP contribution >= 0.6 is 0 Å². The van der Waals surface area contributed by atoms with Gasteiger partial charge in [-0.1, -0.05) is 39.0 Å². The monoisotopic (exact) mass is 420 g/mol. The van der Waals surface area contributed by atoms with E-state index in [1.54, 1.807) is 6.92 Å². The highest BCUT2D eigenvalue weighted by atomic mass is 16.5. The summed E-state index contributed by atoms with van der Waals surface area (Å²) in [7, 11) is 0. The number of cyclic esters (lactones) is 1. The lowest BCUT2D eigenvalue weighted by molar-refractivity contribution is -0.162. The number of hydrogen-bond donors (Lipinski definition) is 2. The van der Waals surface area contributed by atoms with Crippen LogP contribution < -0.4 is 0 Å². The van der Waals surface area contributed by atoms with E-state index in [1.165, 1.54) is 5.57 Å². The first-order chi connectivity index (χ1) is 14.3. The molecular formula is C24H36O6. The van der Waals surface area contributed by atoms with Crippen LogP contribution in [0.1, 0.15) is 59.3 Å². The third-order valence-electron chi connectivity index (χ3n) is 6.88. The number of allylic oxidation sites excluding steroid dienone is 3. The highest BCUT2D eigenvalue weighted by molar-refractivity contribution is 5.72. The summed E-state index contributed by atoms with van der Waals surface area (Å²) in [5.41, 5.74) is 1.23. The minimum absolute atomic E-state index is 0.0275. The predicted octanol–water partition coefficient (Wildman–Crippen LogP) is 3.17. The smallest absolute Gasteiger partial charge is 0.309 e. The Morgan fingerprint density at radius 3 is 2.77 bits per heavy atom. The molecule has 1 saturated heterocycles. The number of hydrogen-bond acceptors (Lipinski definition) is 6. The molecule has 0 aromatic carbocycles. The molecule has 1 fully saturated rings. The molecule has 1 heterocycles. The zero-order chi connectivity index (χ0) is 21.8. The third kappa shape index (κ3) is 5.52. The molecule has 0 bridgehead atoms. The van der Waals surface area contributed by atoms with Crippen LogP contribution in [0.3, 0.4) is 0 Å². The second-order valence-electron chi connectivity index (χ2n) is 9.46. The molecule has 3 aliphatic rings. The molecule has 0 radical (unpaired) electrons. The highest BCUT2D eigenvalue weighted by Gasteiger charge is 2.42. The van der Waals surface area contributed by atoms with E-state index in [4.69, 9.17) is 14.6 Å². The van der Waals surface area contributed by atoms with Crippen LogP contribution in [0.25, 0.3) is 0 Å². The summed E-state index contributed by atoms with van der Waals surface area (Å²) in [4.78, 5) is 24.3. The van der Waals surface area contributed by atoms with Gasteiger partial charge in [0.15, 0.2) is 0 Å². The lowest BCUT2D eigenvalue weighted by Crippen LogP contribution is -2.42. The van der Waals surface area contributed by atoms with Crippen molar-refractivity contribution in [3.05, 3.63) is 23.8 Å². The Labute approximate surface area is 179 Å². The normalized spacial score (nSPS) is 37.0. The van der Waals surface area contributed by atoms with Gasteiger partial charge in [0.25, 0.3) is 0 Å². The molecule has 2 N–H and O–H groups in total. The van der Waals surface area contributed by atoms with Gasteiger partial charge in [-0.25, -0.2) is 0 Å². The van der Waals surface area contributed by atoms with Crippen LogP contribution in [0.15, 0.2) is 23.8 Å². The lowest BCUT2D eigenvalue weighted by Gasteiger charge is -2.43. The first kappa shape index (κ1) is 23.0. The van der Waals surface area contributed by atoms with Gasteiger partial charge in [-0.2, -0.15) is 0 Å². The quantitative estimate of drug-likeness (QED) is 0.615. The average molecular weight is 421 g/mol. The van der Waals surface area contributed by atoms with Crippen molar-refractivity contribution in [3.63, 3.8) is 0 Å².